The van der Waals surface area contributed by atoms with Crippen molar-refractivity contribution in [1.29, 1.82) is 5.26 Å². The number of carbonyl (C=O) groups is 2. The van der Waals surface area contributed by atoms with Crippen molar-refractivity contribution in [2.75, 3.05) is 26.3 Å². The Balaban J connectivity index is 4.02. The zero-order chi connectivity index (χ0) is 12.6. The van der Waals surface area contributed by atoms with Crippen LogP contribution in [-0.2, 0) is 14.3 Å². The molecule has 0 rings (SSSR count). The topological polar surface area (TPSA) is 90.6 Å². The summed E-state index contributed by atoms with van der Waals surface area (Å²) in [5, 5.41) is 16.9. The molecule has 6 nitrogen and oxygen atoms in total. The molecule has 1 amide bonds. The van der Waals surface area contributed by atoms with Crippen LogP contribution in [0.3, 0.4) is 0 Å². The lowest BCUT2D eigenvalue weighted by atomic mass is 10.2. The highest BCUT2D eigenvalue weighted by Gasteiger charge is 2.15. The second-order valence-electron chi connectivity index (χ2n) is 3.35. The summed E-state index contributed by atoms with van der Waals surface area (Å²) >= 11 is 0. The lowest BCUT2D eigenvalue weighted by Gasteiger charge is -2.21. The molecule has 1 N–H and O–H groups in total. The van der Waals surface area contributed by atoms with Crippen molar-refractivity contribution in [3.8, 4) is 6.07 Å². The summed E-state index contributed by atoms with van der Waals surface area (Å²) in [7, 11) is 0. The third-order valence-electron chi connectivity index (χ3n) is 1.90. The molecule has 0 aromatic heterocycles. The SMILES string of the molecule is CCN(CC(C)C#N)C(=O)COCC(=O)O. The van der Waals surface area contributed by atoms with Gasteiger partial charge in [-0.1, -0.05) is 0 Å². The van der Waals surface area contributed by atoms with Crippen LogP contribution in [0.1, 0.15) is 13.8 Å². The molecule has 6 heteroatoms. The molecule has 0 saturated carbocycles. The molecule has 0 bridgehead atoms. The van der Waals surface area contributed by atoms with Gasteiger partial charge in [-0.3, -0.25) is 4.79 Å². The Morgan fingerprint density at radius 1 is 1.50 bits per heavy atom. The molecule has 0 radical (unpaired) electrons. The van der Waals surface area contributed by atoms with E-state index in [2.05, 4.69) is 4.74 Å². The average molecular weight is 228 g/mol. The van der Waals surface area contributed by atoms with Gasteiger partial charge in [-0.25, -0.2) is 4.79 Å². The van der Waals surface area contributed by atoms with E-state index in [1.165, 1.54) is 4.90 Å². The zero-order valence-electron chi connectivity index (χ0n) is 9.47. The number of nitriles is 1. The first kappa shape index (κ1) is 14.4. The van der Waals surface area contributed by atoms with Gasteiger partial charge in [0.25, 0.3) is 0 Å². The van der Waals surface area contributed by atoms with E-state index in [9.17, 15) is 9.59 Å². The summed E-state index contributed by atoms with van der Waals surface area (Å²) in [4.78, 5) is 23.1. The van der Waals surface area contributed by atoms with E-state index in [-0.39, 0.29) is 18.4 Å². The molecule has 0 aliphatic carbocycles. The normalized spacial score (nSPS) is 11.6. The fourth-order valence-corrected chi connectivity index (χ4v) is 1.10. The van der Waals surface area contributed by atoms with Crippen LogP contribution in [0, 0.1) is 17.2 Å². The smallest absolute Gasteiger partial charge is 0.329 e. The summed E-state index contributed by atoms with van der Waals surface area (Å²) in [5.41, 5.74) is 0. The van der Waals surface area contributed by atoms with E-state index >= 15 is 0 Å². The van der Waals surface area contributed by atoms with E-state index < -0.39 is 12.6 Å². The summed E-state index contributed by atoms with van der Waals surface area (Å²) in [6.45, 7) is 3.56. The van der Waals surface area contributed by atoms with E-state index in [0.717, 1.165) is 0 Å². The van der Waals surface area contributed by atoms with Crippen LogP contribution in [0.5, 0.6) is 0 Å². The van der Waals surface area contributed by atoms with Crippen molar-refractivity contribution in [1.82, 2.24) is 4.90 Å². The van der Waals surface area contributed by atoms with Gasteiger partial charge in [0.1, 0.15) is 13.2 Å². The molecule has 0 aliphatic heterocycles. The first-order valence-electron chi connectivity index (χ1n) is 4.98. The molecular formula is C10H16N2O4. The van der Waals surface area contributed by atoms with Gasteiger partial charge >= 0.3 is 5.97 Å². The molecule has 0 aromatic rings. The largest absolute Gasteiger partial charge is 0.480 e. The zero-order valence-corrected chi connectivity index (χ0v) is 9.47. The predicted molar refractivity (Wildman–Crippen MR) is 55.5 cm³/mol. The number of carbonyl (C=O) groups excluding carboxylic acids is 1. The summed E-state index contributed by atoms with van der Waals surface area (Å²) < 4.78 is 4.68. The standard InChI is InChI=1S/C10H16N2O4/c1-3-12(5-8(2)4-11)9(13)6-16-7-10(14)15/h8H,3,5-7H2,1-2H3,(H,14,15). The van der Waals surface area contributed by atoms with Crippen LogP contribution < -0.4 is 0 Å². The molecule has 1 atom stereocenters. The van der Waals surface area contributed by atoms with Crippen LogP contribution in [0.2, 0.25) is 0 Å². The molecule has 0 saturated heterocycles. The number of ether oxygens (including phenoxy) is 1. The number of nitrogens with zero attached hydrogens (tertiary/aromatic N) is 2. The van der Waals surface area contributed by atoms with Crippen LogP contribution in [0.25, 0.3) is 0 Å². The summed E-state index contributed by atoms with van der Waals surface area (Å²) in [6, 6.07) is 2.03. The highest BCUT2D eigenvalue weighted by atomic mass is 16.5. The third-order valence-corrected chi connectivity index (χ3v) is 1.90. The fourth-order valence-electron chi connectivity index (χ4n) is 1.10. The molecule has 0 heterocycles. The number of hydrogen-bond acceptors (Lipinski definition) is 4. The quantitative estimate of drug-likeness (QED) is 0.667. The lowest BCUT2D eigenvalue weighted by Crippen LogP contribution is -2.37. The monoisotopic (exact) mass is 228 g/mol. The number of rotatable bonds is 7. The Kier molecular flexibility index (Phi) is 6.88. The highest BCUT2D eigenvalue weighted by molar-refractivity contribution is 5.78. The summed E-state index contributed by atoms with van der Waals surface area (Å²) in [6.07, 6.45) is 0. The van der Waals surface area contributed by atoms with Crippen LogP contribution >= 0.6 is 0 Å². The lowest BCUT2D eigenvalue weighted by molar-refractivity contribution is -0.145. The molecule has 16 heavy (non-hydrogen) atoms. The van der Waals surface area contributed by atoms with Gasteiger partial charge in [0, 0.05) is 13.1 Å². The fraction of sp³-hybridized carbons (Fsp3) is 0.700. The highest BCUT2D eigenvalue weighted by Crippen LogP contribution is 1.99. The van der Waals surface area contributed by atoms with E-state index in [0.29, 0.717) is 13.1 Å². The Bertz CT molecular complexity index is 285. The predicted octanol–water partition coefficient (Wildman–Crippen LogP) is 0.0958. The minimum absolute atomic E-state index is 0.247. The minimum atomic E-state index is -1.11. The number of carboxylic acids is 1. The first-order chi connectivity index (χ1) is 7.51. The molecule has 0 spiro atoms. The third kappa shape index (κ3) is 5.98. The Morgan fingerprint density at radius 3 is 2.56 bits per heavy atom. The Labute approximate surface area is 94.4 Å². The number of hydrogen-bond donors (Lipinski definition) is 1. The number of carboxylic acid groups (broad SMARTS) is 1. The molecular weight excluding hydrogens is 212 g/mol. The van der Waals surface area contributed by atoms with Crippen LogP contribution in [0.4, 0.5) is 0 Å². The van der Waals surface area contributed by atoms with Crippen molar-refractivity contribution < 1.29 is 19.4 Å². The maximum atomic E-state index is 11.5. The molecule has 0 aliphatic rings. The van der Waals surface area contributed by atoms with Gasteiger partial charge in [0.2, 0.25) is 5.91 Å². The van der Waals surface area contributed by atoms with Gasteiger partial charge in [-0.15, -0.1) is 0 Å². The first-order valence-corrected chi connectivity index (χ1v) is 4.98. The van der Waals surface area contributed by atoms with Gasteiger partial charge in [0.05, 0.1) is 12.0 Å². The maximum absolute atomic E-state index is 11.5. The Hall–Kier alpha value is -1.61. The number of likely N-dealkylation sites (N-methyl/N-ethyl adjacent to an activating group) is 1. The van der Waals surface area contributed by atoms with Crippen molar-refractivity contribution in [2.24, 2.45) is 5.92 Å². The molecule has 90 valence electrons. The van der Waals surface area contributed by atoms with E-state index in [1.54, 1.807) is 13.8 Å². The number of amides is 1. The molecule has 0 fully saturated rings. The van der Waals surface area contributed by atoms with Gasteiger partial charge < -0.3 is 14.7 Å². The average Bonchev–Trinajstić information content (AvgIpc) is 2.24. The van der Waals surface area contributed by atoms with Crippen LogP contribution in [0.15, 0.2) is 0 Å². The molecule has 0 aromatic carbocycles. The van der Waals surface area contributed by atoms with Crippen molar-refractivity contribution in [3.63, 3.8) is 0 Å². The molecule has 1 unspecified atom stereocenters. The van der Waals surface area contributed by atoms with Crippen molar-refractivity contribution >= 4 is 11.9 Å². The maximum Gasteiger partial charge on any atom is 0.329 e. The van der Waals surface area contributed by atoms with E-state index in [1.807, 2.05) is 6.07 Å². The second kappa shape index (κ2) is 7.65. The Morgan fingerprint density at radius 2 is 2.12 bits per heavy atom. The van der Waals surface area contributed by atoms with Gasteiger partial charge in [-0.2, -0.15) is 5.26 Å². The van der Waals surface area contributed by atoms with Gasteiger partial charge in [-0.05, 0) is 13.8 Å². The second-order valence-corrected chi connectivity index (χ2v) is 3.35. The summed E-state index contributed by atoms with van der Waals surface area (Å²) in [5.74, 6) is -1.66. The van der Waals surface area contributed by atoms with Crippen LogP contribution in [-0.4, -0.2) is 48.2 Å². The minimum Gasteiger partial charge on any atom is -0.480 e. The van der Waals surface area contributed by atoms with E-state index in [4.69, 9.17) is 10.4 Å². The van der Waals surface area contributed by atoms with Crippen molar-refractivity contribution in [3.05, 3.63) is 0 Å². The van der Waals surface area contributed by atoms with Gasteiger partial charge in [0.15, 0.2) is 0 Å². The number of aliphatic carboxylic acids is 1. The van der Waals surface area contributed by atoms with Crippen molar-refractivity contribution in [2.45, 2.75) is 13.8 Å².